The number of hydrogen-bond donors (Lipinski definition) is 0. The Bertz CT molecular complexity index is 240. The quantitative estimate of drug-likeness (QED) is 0.339. The molecule has 0 amide bonds. The third-order valence-electron chi connectivity index (χ3n) is 1.10. The van der Waals surface area contributed by atoms with Gasteiger partial charge >= 0.3 is 5.97 Å². The Balaban J connectivity index is 4.71. The SMILES string of the molecule is COC(=O)/C(C#N)=C\C(C)(C)C. The number of esters is 1. The number of nitriles is 1. The van der Waals surface area contributed by atoms with Crippen LogP contribution in [0, 0.1) is 16.7 Å². The Morgan fingerprint density at radius 1 is 1.50 bits per heavy atom. The molecule has 3 nitrogen and oxygen atoms in total. The van der Waals surface area contributed by atoms with E-state index in [0.717, 1.165) is 0 Å². The number of methoxy groups -OCH3 is 1. The normalized spacial score (nSPS) is 12.1. The van der Waals surface area contributed by atoms with Crippen molar-refractivity contribution in [2.45, 2.75) is 20.8 Å². The Morgan fingerprint density at radius 2 is 2.00 bits per heavy atom. The summed E-state index contributed by atoms with van der Waals surface area (Å²) in [6.45, 7) is 5.73. The molecule has 0 aromatic heterocycles. The van der Waals surface area contributed by atoms with Gasteiger partial charge in [-0.1, -0.05) is 26.8 Å². The summed E-state index contributed by atoms with van der Waals surface area (Å²) in [5.41, 5.74) is -0.121. The lowest BCUT2D eigenvalue weighted by molar-refractivity contribution is -0.135. The Morgan fingerprint density at radius 3 is 2.25 bits per heavy atom. The number of allylic oxidation sites excluding steroid dienone is 1. The van der Waals surface area contributed by atoms with E-state index < -0.39 is 5.97 Å². The van der Waals surface area contributed by atoms with Crippen LogP contribution < -0.4 is 0 Å². The number of nitrogens with zero attached hydrogens (tertiary/aromatic N) is 1. The van der Waals surface area contributed by atoms with Gasteiger partial charge in [-0.05, 0) is 5.41 Å². The highest BCUT2D eigenvalue weighted by atomic mass is 16.5. The molecule has 0 fully saturated rings. The van der Waals surface area contributed by atoms with Crippen molar-refractivity contribution >= 4 is 5.97 Å². The molecule has 0 N–H and O–H groups in total. The van der Waals surface area contributed by atoms with Crippen molar-refractivity contribution in [3.8, 4) is 6.07 Å². The average molecular weight is 167 g/mol. The molecule has 0 unspecified atom stereocenters. The summed E-state index contributed by atoms with van der Waals surface area (Å²) in [5.74, 6) is -0.576. The third kappa shape index (κ3) is 3.77. The first-order valence-electron chi connectivity index (χ1n) is 3.62. The summed E-state index contributed by atoms with van der Waals surface area (Å²) in [4.78, 5) is 10.9. The largest absolute Gasteiger partial charge is 0.465 e. The van der Waals surface area contributed by atoms with Gasteiger partial charge in [-0.15, -0.1) is 0 Å². The Labute approximate surface area is 72.6 Å². The second-order valence-electron chi connectivity index (χ2n) is 3.53. The molecule has 12 heavy (non-hydrogen) atoms. The topological polar surface area (TPSA) is 50.1 Å². The van der Waals surface area contributed by atoms with Gasteiger partial charge in [-0.2, -0.15) is 5.26 Å². The van der Waals surface area contributed by atoms with Crippen LogP contribution in [-0.2, 0) is 9.53 Å². The lowest BCUT2D eigenvalue weighted by Gasteiger charge is -2.11. The predicted octanol–water partition coefficient (Wildman–Crippen LogP) is 1.66. The van der Waals surface area contributed by atoms with Crippen LogP contribution in [-0.4, -0.2) is 13.1 Å². The van der Waals surface area contributed by atoms with Crippen LogP contribution in [0.3, 0.4) is 0 Å². The zero-order valence-electron chi connectivity index (χ0n) is 7.84. The van der Waals surface area contributed by atoms with E-state index in [1.807, 2.05) is 20.8 Å². The molecule has 0 rings (SSSR count). The number of carbonyl (C=O) groups is 1. The van der Waals surface area contributed by atoms with Crippen molar-refractivity contribution in [2.24, 2.45) is 5.41 Å². The van der Waals surface area contributed by atoms with E-state index in [1.165, 1.54) is 7.11 Å². The van der Waals surface area contributed by atoms with Gasteiger partial charge in [0.15, 0.2) is 0 Å². The highest BCUT2D eigenvalue weighted by Gasteiger charge is 2.14. The molecule has 0 saturated heterocycles. The van der Waals surface area contributed by atoms with E-state index in [0.29, 0.717) is 0 Å². The smallest absolute Gasteiger partial charge is 0.348 e. The molecule has 66 valence electrons. The van der Waals surface area contributed by atoms with E-state index in [1.54, 1.807) is 12.1 Å². The molecular formula is C9H13NO2. The van der Waals surface area contributed by atoms with Gasteiger partial charge < -0.3 is 4.74 Å². The molecule has 0 atom stereocenters. The monoisotopic (exact) mass is 167 g/mol. The minimum Gasteiger partial charge on any atom is -0.465 e. The summed E-state index contributed by atoms with van der Waals surface area (Å²) in [5, 5.41) is 8.57. The summed E-state index contributed by atoms with van der Waals surface area (Å²) < 4.78 is 4.42. The predicted molar refractivity (Wildman–Crippen MR) is 45.2 cm³/mol. The Hall–Kier alpha value is -1.30. The number of ether oxygens (including phenoxy) is 1. The highest BCUT2D eigenvalue weighted by molar-refractivity contribution is 5.92. The zero-order valence-corrected chi connectivity index (χ0v) is 7.84. The molecule has 0 aromatic carbocycles. The maximum atomic E-state index is 10.9. The molecule has 3 heteroatoms. The molecule has 0 radical (unpaired) electrons. The molecule has 0 spiro atoms. The van der Waals surface area contributed by atoms with Gasteiger partial charge in [0.05, 0.1) is 7.11 Å². The lowest BCUT2D eigenvalue weighted by Crippen LogP contribution is -2.08. The minimum absolute atomic E-state index is 0.0602. The van der Waals surface area contributed by atoms with E-state index in [9.17, 15) is 4.79 Å². The van der Waals surface area contributed by atoms with Crippen LogP contribution in [0.1, 0.15) is 20.8 Å². The maximum Gasteiger partial charge on any atom is 0.348 e. The first-order valence-corrected chi connectivity index (χ1v) is 3.62. The van der Waals surface area contributed by atoms with Crippen LogP contribution in [0.2, 0.25) is 0 Å². The van der Waals surface area contributed by atoms with Crippen LogP contribution >= 0.6 is 0 Å². The third-order valence-corrected chi connectivity index (χ3v) is 1.10. The first-order chi connectivity index (χ1) is 5.40. The van der Waals surface area contributed by atoms with Gasteiger partial charge in [0.1, 0.15) is 11.6 Å². The van der Waals surface area contributed by atoms with Gasteiger partial charge in [0, 0.05) is 0 Å². The molecule has 0 saturated carbocycles. The number of hydrogen-bond acceptors (Lipinski definition) is 3. The van der Waals surface area contributed by atoms with E-state index in [-0.39, 0.29) is 11.0 Å². The second kappa shape index (κ2) is 3.91. The zero-order chi connectivity index (χ0) is 9.78. The molecule has 0 aliphatic rings. The first kappa shape index (κ1) is 10.7. The van der Waals surface area contributed by atoms with Crippen LogP contribution in [0.25, 0.3) is 0 Å². The van der Waals surface area contributed by atoms with Gasteiger partial charge in [-0.25, -0.2) is 4.79 Å². The van der Waals surface area contributed by atoms with Crippen LogP contribution in [0.4, 0.5) is 0 Å². The summed E-state index contributed by atoms with van der Waals surface area (Å²) in [6, 6.07) is 1.80. The summed E-state index contributed by atoms with van der Waals surface area (Å²) in [6.07, 6.45) is 1.60. The maximum absolute atomic E-state index is 10.9. The molecule has 0 aromatic rings. The fraction of sp³-hybridized carbons (Fsp3) is 0.556. The number of carbonyl (C=O) groups excluding carboxylic acids is 1. The lowest BCUT2D eigenvalue weighted by atomic mass is 9.94. The van der Waals surface area contributed by atoms with Crippen molar-refractivity contribution in [1.29, 1.82) is 5.26 Å². The standard InChI is InChI=1S/C9H13NO2/c1-9(2,3)5-7(6-10)8(11)12-4/h5H,1-4H3/b7-5-. The second-order valence-corrected chi connectivity index (χ2v) is 3.53. The fourth-order valence-electron chi connectivity index (χ4n) is 0.680. The van der Waals surface area contributed by atoms with E-state index >= 15 is 0 Å². The van der Waals surface area contributed by atoms with Crippen molar-refractivity contribution in [1.82, 2.24) is 0 Å². The van der Waals surface area contributed by atoms with E-state index in [2.05, 4.69) is 4.74 Å². The summed E-state index contributed by atoms with van der Waals surface area (Å²) in [7, 11) is 1.26. The van der Waals surface area contributed by atoms with Crippen molar-refractivity contribution in [2.75, 3.05) is 7.11 Å². The van der Waals surface area contributed by atoms with Gasteiger partial charge in [0.2, 0.25) is 0 Å². The van der Waals surface area contributed by atoms with Crippen molar-refractivity contribution < 1.29 is 9.53 Å². The molecule has 0 aliphatic heterocycles. The van der Waals surface area contributed by atoms with Crippen LogP contribution in [0.15, 0.2) is 11.6 Å². The molecule has 0 heterocycles. The van der Waals surface area contributed by atoms with Gasteiger partial charge in [0.25, 0.3) is 0 Å². The average Bonchev–Trinajstić information content (AvgIpc) is 1.97. The summed E-state index contributed by atoms with van der Waals surface area (Å²) >= 11 is 0. The minimum atomic E-state index is -0.576. The van der Waals surface area contributed by atoms with Crippen molar-refractivity contribution in [3.05, 3.63) is 11.6 Å². The number of rotatable bonds is 1. The molecule has 0 aliphatic carbocycles. The Kier molecular flexibility index (Phi) is 3.49. The van der Waals surface area contributed by atoms with E-state index in [4.69, 9.17) is 5.26 Å². The van der Waals surface area contributed by atoms with Crippen molar-refractivity contribution in [3.63, 3.8) is 0 Å². The van der Waals surface area contributed by atoms with Gasteiger partial charge in [-0.3, -0.25) is 0 Å². The van der Waals surface area contributed by atoms with Crippen LogP contribution in [0.5, 0.6) is 0 Å². The molecular weight excluding hydrogens is 154 g/mol. The highest BCUT2D eigenvalue weighted by Crippen LogP contribution is 2.17. The fourth-order valence-corrected chi connectivity index (χ4v) is 0.680. The molecule has 0 bridgehead atoms.